The third-order valence-corrected chi connectivity index (χ3v) is 2.53. The van der Waals surface area contributed by atoms with E-state index in [1.807, 2.05) is 0 Å². The maximum absolute atomic E-state index is 11.7. The highest BCUT2D eigenvalue weighted by atomic mass is 16.5. The molecule has 1 aliphatic heterocycles. The van der Waals surface area contributed by atoms with Gasteiger partial charge in [-0.2, -0.15) is 0 Å². The zero-order valence-corrected chi connectivity index (χ0v) is 10.1. The lowest BCUT2D eigenvalue weighted by Crippen LogP contribution is -2.43. The van der Waals surface area contributed by atoms with Gasteiger partial charge in [0.1, 0.15) is 0 Å². The second-order valence-corrected chi connectivity index (χ2v) is 5.33. The maximum Gasteiger partial charge on any atom is 0.237 e. The van der Waals surface area contributed by atoms with E-state index in [2.05, 4.69) is 31.4 Å². The van der Waals surface area contributed by atoms with Crippen LogP contribution in [-0.4, -0.2) is 38.3 Å². The van der Waals surface area contributed by atoms with Gasteiger partial charge in [0.15, 0.2) is 0 Å². The molecule has 0 aromatic heterocycles. The highest BCUT2D eigenvalue weighted by Gasteiger charge is 2.29. The molecular weight excluding hydrogens is 192 g/mol. The normalized spacial score (nSPS) is 26.7. The highest BCUT2D eigenvalue weighted by molar-refractivity contribution is 5.82. The van der Waals surface area contributed by atoms with Crippen LogP contribution in [0.25, 0.3) is 0 Å². The molecule has 1 saturated heterocycles. The molecule has 1 fully saturated rings. The monoisotopic (exact) mass is 214 g/mol. The SMILES string of the molecule is COC1CNC(C(=O)NCC(C)(C)C)C1. The zero-order valence-electron chi connectivity index (χ0n) is 10.1. The van der Waals surface area contributed by atoms with Crippen molar-refractivity contribution in [1.82, 2.24) is 10.6 Å². The Hall–Kier alpha value is -0.610. The first-order chi connectivity index (χ1) is 6.92. The largest absolute Gasteiger partial charge is 0.380 e. The Morgan fingerprint density at radius 2 is 2.20 bits per heavy atom. The van der Waals surface area contributed by atoms with Gasteiger partial charge < -0.3 is 15.4 Å². The van der Waals surface area contributed by atoms with Crippen molar-refractivity contribution < 1.29 is 9.53 Å². The molecule has 0 aromatic rings. The van der Waals surface area contributed by atoms with Gasteiger partial charge in [-0.3, -0.25) is 4.79 Å². The molecule has 15 heavy (non-hydrogen) atoms. The summed E-state index contributed by atoms with van der Waals surface area (Å²) in [6, 6.07) is -0.0858. The minimum absolute atomic E-state index is 0.0858. The minimum atomic E-state index is -0.0858. The summed E-state index contributed by atoms with van der Waals surface area (Å²) in [5, 5.41) is 6.11. The Bertz CT molecular complexity index is 223. The molecule has 0 saturated carbocycles. The number of rotatable bonds is 3. The van der Waals surface area contributed by atoms with E-state index in [0.29, 0.717) is 6.54 Å². The molecule has 1 amide bonds. The van der Waals surface area contributed by atoms with Crippen molar-refractivity contribution in [3.63, 3.8) is 0 Å². The molecule has 0 spiro atoms. The first-order valence-electron chi connectivity index (χ1n) is 5.46. The molecular formula is C11H22N2O2. The molecule has 2 unspecified atom stereocenters. The van der Waals surface area contributed by atoms with E-state index < -0.39 is 0 Å². The van der Waals surface area contributed by atoms with Gasteiger partial charge in [-0.15, -0.1) is 0 Å². The van der Waals surface area contributed by atoms with Crippen LogP contribution < -0.4 is 10.6 Å². The summed E-state index contributed by atoms with van der Waals surface area (Å²) in [5.41, 5.74) is 0.134. The number of carbonyl (C=O) groups excluding carboxylic acids is 1. The fourth-order valence-electron chi connectivity index (χ4n) is 1.56. The Labute approximate surface area is 91.8 Å². The van der Waals surface area contributed by atoms with Gasteiger partial charge in [-0.05, 0) is 11.8 Å². The lowest BCUT2D eigenvalue weighted by atomic mass is 9.97. The third-order valence-electron chi connectivity index (χ3n) is 2.53. The maximum atomic E-state index is 11.7. The van der Waals surface area contributed by atoms with Crippen LogP contribution in [0, 0.1) is 5.41 Å². The number of nitrogens with one attached hydrogen (secondary N) is 2. The summed E-state index contributed by atoms with van der Waals surface area (Å²) in [6.45, 7) is 7.79. The van der Waals surface area contributed by atoms with Gasteiger partial charge in [0.25, 0.3) is 0 Å². The molecule has 4 heteroatoms. The van der Waals surface area contributed by atoms with E-state index >= 15 is 0 Å². The van der Waals surface area contributed by atoms with Gasteiger partial charge >= 0.3 is 0 Å². The average molecular weight is 214 g/mol. The molecule has 0 radical (unpaired) electrons. The van der Waals surface area contributed by atoms with Crippen LogP contribution in [0.15, 0.2) is 0 Å². The Kier molecular flexibility index (Phi) is 4.11. The van der Waals surface area contributed by atoms with Crippen molar-refractivity contribution in [2.24, 2.45) is 5.41 Å². The molecule has 1 heterocycles. The van der Waals surface area contributed by atoms with E-state index in [4.69, 9.17) is 4.74 Å². The van der Waals surface area contributed by atoms with Crippen LogP contribution in [0.3, 0.4) is 0 Å². The van der Waals surface area contributed by atoms with E-state index in [0.717, 1.165) is 13.0 Å². The van der Waals surface area contributed by atoms with Crippen LogP contribution in [0.1, 0.15) is 27.2 Å². The van der Waals surface area contributed by atoms with Crippen molar-refractivity contribution in [2.45, 2.75) is 39.3 Å². The second kappa shape index (κ2) is 4.94. The fourth-order valence-corrected chi connectivity index (χ4v) is 1.56. The average Bonchev–Trinajstić information content (AvgIpc) is 2.61. The minimum Gasteiger partial charge on any atom is -0.380 e. The summed E-state index contributed by atoms with van der Waals surface area (Å²) < 4.78 is 5.19. The number of hydrogen-bond donors (Lipinski definition) is 2. The number of methoxy groups -OCH3 is 1. The van der Waals surface area contributed by atoms with Crippen molar-refractivity contribution in [1.29, 1.82) is 0 Å². The van der Waals surface area contributed by atoms with Crippen LogP contribution >= 0.6 is 0 Å². The predicted molar refractivity (Wildman–Crippen MR) is 59.7 cm³/mol. The lowest BCUT2D eigenvalue weighted by molar-refractivity contribution is -0.123. The van der Waals surface area contributed by atoms with Crippen molar-refractivity contribution >= 4 is 5.91 Å². The molecule has 4 nitrogen and oxygen atoms in total. The summed E-state index contributed by atoms with van der Waals surface area (Å²) in [4.78, 5) is 11.7. The molecule has 0 aliphatic carbocycles. The van der Waals surface area contributed by atoms with Crippen molar-refractivity contribution in [3.8, 4) is 0 Å². The number of carbonyl (C=O) groups is 1. The molecule has 2 N–H and O–H groups in total. The molecule has 2 atom stereocenters. The predicted octanol–water partition coefficient (Wildman–Crippen LogP) is 0.526. The van der Waals surface area contributed by atoms with Gasteiger partial charge in [0, 0.05) is 20.2 Å². The van der Waals surface area contributed by atoms with Gasteiger partial charge in [-0.25, -0.2) is 0 Å². The highest BCUT2D eigenvalue weighted by Crippen LogP contribution is 2.12. The summed E-state index contributed by atoms with van der Waals surface area (Å²) in [6.07, 6.45) is 0.947. The van der Waals surface area contributed by atoms with Crippen molar-refractivity contribution in [2.75, 3.05) is 20.2 Å². The van der Waals surface area contributed by atoms with Crippen LogP contribution in [-0.2, 0) is 9.53 Å². The Morgan fingerprint density at radius 3 is 2.67 bits per heavy atom. The van der Waals surface area contributed by atoms with Gasteiger partial charge in [0.05, 0.1) is 12.1 Å². The van der Waals surface area contributed by atoms with Gasteiger partial charge in [0.2, 0.25) is 5.91 Å². The molecule has 1 rings (SSSR count). The first kappa shape index (κ1) is 12.5. The van der Waals surface area contributed by atoms with E-state index in [9.17, 15) is 4.79 Å². The van der Waals surface area contributed by atoms with E-state index in [-0.39, 0.29) is 23.5 Å². The topological polar surface area (TPSA) is 50.4 Å². The number of ether oxygens (including phenoxy) is 1. The Morgan fingerprint density at radius 1 is 1.53 bits per heavy atom. The molecule has 1 aliphatic rings. The number of amides is 1. The van der Waals surface area contributed by atoms with Gasteiger partial charge in [-0.1, -0.05) is 20.8 Å². The zero-order chi connectivity index (χ0) is 11.5. The standard InChI is InChI=1S/C11H22N2O2/c1-11(2,3)7-13-10(14)9-5-8(15-4)6-12-9/h8-9,12H,5-7H2,1-4H3,(H,13,14). The molecule has 88 valence electrons. The van der Waals surface area contributed by atoms with Crippen molar-refractivity contribution in [3.05, 3.63) is 0 Å². The quantitative estimate of drug-likeness (QED) is 0.720. The third kappa shape index (κ3) is 4.18. The first-order valence-corrected chi connectivity index (χ1v) is 5.46. The van der Waals surface area contributed by atoms with E-state index in [1.165, 1.54) is 0 Å². The number of hydrogen-bond acceptors (Lipinski definition) is 3. The summed E-state index contributed by atoms with van der Waals surface area (Å²) in [7, 11) is 1.68. The van der Waals surface area contributed by atoms with E-state index in [1.54, 1.807) is 7.11 Å². The smallest absolute Gasteiger partial charge is 0.237 e. The lowest BCUT2D eigenvalue weighted by Gasteiger charge is -2.20. The van der Waals surface area contributed by atoms with Crippen LogP contribution in [0.2, 0.25) is 0 Å². The summed E-state index contributed by atoms with van der Waals surface area (Å²) in [5.74, 6) is 0.0875. The van der Waals surface area contributed by atoms with Crippen LogP contribution in [0.5, 0.6) is 0 Å². The second-order valence-electron chi connectivity index (χ2n) is 5.33. The van der Waals surface area contributed by atoms with Crippen LogP contribution in [0.4, 0.5) is 0 Å². The summed E-state index contributed by atoms with van der Waals surface area (Å²) >= 11 is 0. The fraction of sp³-hybridized carbons (Fsp3) is 0.909. The molecule has 0 aromatic carbocycles. The molecule has 0 bridgehead atoms. The Balaban J connectivity index is 2.30.